The van der Waals surface area contributed by atoms with Crippen molar-refractivity contribution in [3.8, 4) is 0 Å². The Hall–Kier alpha value is -0.880. The lowest BCUT2D eigenvalue weighted by Gasteiger charge is -2.43. The average molecular weight is 332 g/mol. The summed E-state index contributed by atoms with van der Waals surface area (Å²) in [5.41, 5.74) is 2.13. The summed E-state index contributed by atoms with van der Waals surface area (Å²) in [7, 11) is 0. The van der Waals surface area contributed by atoms with Crippen molar-refractivity contribution in [2.75, 3.05) is 19.6 Å². The van der Waals surface area contributed by atoms with Crippen LogP contribution in [0.5, 0.6) is 0 Å². The molecule has 0 spiro atoms. The van der Waals surface area contributed by atoms with Gasteiger partial charge < -0.3 is 4.90 Å². The van der Waals surface area contributed by atoms with Crippen LogP contribution in [0.1, 0.15) is 18.4 Å². The normalized spacial score (nSPS) is 28.8. The summed E-state index contributed by atoms with van der Waals surface area (Å²) in [5.74, 6) is 0.0278. The molecule has 3 aliphatic rings. The maximum atomic E-state index is 14.0. The number of benzene rings is 1. The molecule has 2 bridgehead atoms. The second-order valence-electron chi connectivity index (χ2n) is 5.54. The monoisotopic (exact) mass is 331 g/mol. The number of hydrogen-bond acceptors (Lipinski definition) is 3. The summed E-state index contributed by atoms with van der Waals surface area (Å²) in [6.07, 6.45) is 2.19. The second kappa shape index (κ2) is 6.08. The van der Waals surface area contributed by atoms with Crippen molar-refractivity contribution >= 4 is 29.0 Å². The zero-order valence-corrected chi connectivity index (χ0v) is 12.8. The Morgan fingerprint density at radius 2 is 1.95 bits per heavy atom. The van der Waals surface area contributed by atoms with Crippen molar-refractivity contribution in [2.45, 2.75) is 18.9 Å². The molecule has 1 aromatic carbocycles. The maximum Gasteiger partial charge on any atom is 0.155 e. The molecule has 114 valence electrons. The smallest absolute Gasteiger partial charge is 0.155 e. The van der Waals surface area contributed by atoms with Gasteiger partial charge in [0.05, 0.1) is 21.7 Å². The zero-order valence-electron chi connectivity index (χ0n) is 11.3. The Morgan fingerprint density at radius 3 is 2.52 bits per heavy atom. The molecule has 3 heterocycles. The molecule has 2 N–H and O–H groups in total. The molecule has 0 amide bonds. The predicted molar refractivity (Wildman–Crippen MR) is 80.8 cm³/mol. The van der Waals surface area contributed by atoms with Crippen LogP contribution in [0.2, 0.25) is 10.0 Å². The van der Waals surface area contributed by atoms with Gasteiger partial charge in [0.2, 0.25) is 0 Å². The van der Waals surface area contributed by atoms with Gasteiger partial charge in [0.25, 0.3) is 0 Å². The van der Waals surface area contributed by atoms with Crippen molar-refractivity contribution in [3.63, 3.8) is 0 Å². The Balaban J connectivity index is 1.91. The van der Waals surface area contributed by atoms with Crippen molar-refractivity contribution in [1.82, 2.24) is 10.4 Å². The summed E-state index contributed by atoms with van der Waals surface area (Å²) in [6.45, 7) is 3.04. The molecule has 1 atom stereocenters. The third kappa shape index (κ3) is 3.01. The number of fused-ring (bicyclic) bond motifs is 3. The highest BCUT2D eigenvalue weighted by Crippen LogP contribution is 2.30. The van der Waals surface area contributed by atoms with E-state index in [-0.39, 0.29) is 27.5 Å². The van der Waals surface area contributed by atoms with Crippen molar-refractivity contribution in [2.24, 2.45) is 10.9 Å². The first-order valence-electron chi connectivity index (χ1n) is 6.93. The molecule has 1 aromatic rings. The predicted octanol–water partition coefficient (Wildman–Crippen LogP) is 2.95. The van der Waals surface area contributed by atoms with Crippen molar-refractivity contribution in [1.29, 1.82) is 0 Å². The third-order valence-electron chi connectivity index (χ3n) is 4.29. The number of piperidine rings is 3. The van der Waals surface area contributed by atoms with Gasteiger partial charge in [-0.15, -0.1) is 0 Å². The lowest BCUT2D eigenvalue weighted by Crippen LogP contribution is -2.50. The lowest BCUT2D eigenvalue weighted by molar-refractivity contribution is 0.0898. The van der Waals surface area contributed by atoms with E-state index >= 15 is 0 Å². The van der Waals surface area contributed by atoms with Crippen LogP contribution in [0.25, 0.3) is 0 Å². The largest absolute Gasteiger partial charge is 0.301 e. The number of hydrogen-bond donors (Lipinski definition) is 2. The second-order valence-corrected chi connectivity index (χ2v) is 6.36. The van der Waals surface area contributed by atoms with E-state index in [1.54, 1.807) is 0 Å². The Labute approximate surface area is 132 Å². The van der Waals surface area contributed by atoms with E-state index in [1.807, 2.05) is 5.48 Å². The number of nitrogens with zero attached hydrogens (tertiary/aromatic N) is 2. The fraction of sp³-hybridized carbons (Fsp3) is 0.500. The van der Waals surface area contributed by atoms with Crippen LogP contribution in [0, 0.1) is 11.7 Å². The van der Waals surface area contributed by atoms with E-state index in [1.165, 1.54) is 6.07 Å². The fourth-order valence-corrected chi connectivity index (χ4v) is 3.42. The molecule has 0 aliphatic carbocycles. The van der Waals surface area contributed by atoms with Gasteiger partial charge in [-0.25, -0.2) is 4.39 Å². The molecule has 21 heavy (non-hydrogen) atoms. The molecule has 7 heteroatoms. The van der Waals surface area contributed by atoms with Crippen molar-refractivity contribution in [3.05, 3.63) is 33.6 Å². The highest BCUT2D eigenvalue weighted by molar-refractivity contribution is 6.42. The zero-order chi connectivity index (χ0) is 15.0. The van der Waals surface area contributed by atoms with Crippen LogP contribution >= 0.6 is 23.2 Å². The van der Waals surface area contributed by atoms with E-state index in [2.05, 4.69) is 9.89 Å². The molecule has 3 fully saturated rings. The molecule has 0 aromatic heterocycles. The van der Waals surface area contributed by atoms with Gasteiger partial charge in [0.1, 0.15) is 5.82 Å². The van der Waals surface area contributed by atoms with Crippen molar-refractivity contribution < 1.29 is 9.60 Å². The first kappa shape index (κ1) is 15.0. The van der Waals surface area contributed by atoms with Crippen LogP contribution in [0.3, 0.4) is 0 Å². The van der Waals surface area contributed by atoms with Crippen LogP contribution in [0.4, 0.5) is 4.39 Å². The summed E-state index contributed by atoms with van der Waals surface area (Å²) in [6, 6.07) is 2.57. The standard InChI is InChI=1S/C14H16Cl2FN3O/c15-10-5-9(12(17)6-11(10)16)14(19-21)18-13-7-20-3-1-8(13)2-4-20/h5-6,8,13,21H,1-4,7H2,(H,18,19)/t13-/m0/s1. The van der Waals surface area contributed by atoms with Gasteiger partial charge in [0, 0.05) is 6.54 Å². The van der Waals surface area contributed by atoms with E-state index in [0.717, 1.165) is 38.5 Å². The molecule has 0 unspecified atom stereocenters. The summed E-state index contributed by atoms with van der Waals surface area (Å²) in [5, 5.41) is 9.69. The fourth-order valence-electron chi connectivity index (χ4n) is 3.11. The third-order valence-corrected chi connectivity index (χ3v) is 5.01. The van der Waals surface area contributed by atoms with Crippen LogP contribution < -0.4 is 5.48 Å². The van der Waals surface area contributed by atoms with E-state index < -0.39 is 5.82 Å². The maximum absolute atomic E-state index is 14.0. The summed E-state index contributed by atoms with van der Waals surface area (Å²) < 4.78 is 14.0. The van der Waals surface area contributed by atoms with Gasteiger partial charge in [-0.3, -0.25) is 15.7 Å². The van der Waals surface area contributed by atoms with Gasteiger partial charge >= 0.3 is 0 Å². The molecule has 3 saturated heterocycles. The molecule has 0 radical (unpaired) electrons. The summed E-state index contributed by atoms with van der Waals surface area (Å²) >= 11 is 11.7. The number of aliphatic imine (C=N–C) groups is 1. The quantitative estimate of drug-likeness (QED) is 0.379. The molecule has 4 nitrogen and oxygen atoms in total. The van der Waals surface area contributed by atoms with Gasteiger partial charge in [-0.2, -0.15) is 0 Å². The molecule has 3 aliphatic heterocycles. The van der Waals surface area contributed by atoms with Gasteiger partial charge in [0.15, 0.2) is 5.84 Å². The minimum Gasteiger partial charge on any atom is -0.301 e. The topological polar surface area (TPSA) is 47.9 Å². The van der Waals surface area contributed by atoms with Crippen LogP contribution in [0.15, 0.2) is 17.1 Å². The number of amidine groups is 1. The van der Waals surface area contributed by atoms with Crippen LogP contribution in [-0.2, 0) is 0 Å². The lowest BCUT2D eigenvalue weighted by atomic mass is 9.84. The number of halogens is 3. The number of rotatable bonds is 2. The number of nitrogens with one attached hydrogen (secondary N) is 1. The first-order valence-corrected chi connectivity index (χ1v) is 7.69. The molecular weight excluding hydrogens is 316 g/mol. The molecular formula is C14H16Cl2FN3O. The number of hydroxylamine groups is 1. The highest BCUT2D eigenvalue weighted by atomic mass is 35.5. The van der Waals surface area contributed by atoms with Gasteiger partial charge in [-0.05, 0) is 44.0 Å². The van der Waals surface area contributed by atoms with Crippen LogP contribution in [-0.4, -0.2) is 41.6 Å². The highest BCUT2D eigenvalue weighted by Gasteiger charge is 2.34. The Bertz CT molecular complexity index is 574. The molecule has 0 saturated carbocycles. The van der Waals surface area contributed by atoms with E-state index in [0.29, 0.717) is 5.92 Å². The van der Waals surface area contributed by atoms with E-state index in [4.69, 9.17) is 23.2 Å². The van der Waals surface area contributed by atoms with E-state index in [9.17, 15) is 9.60 Å². The first-order chi connectivity index (χ1) is 10.1. The minimum atomic E-state index is -0.564. The molecule has 4 rings (SSSR count). The van der Waals surface area contributed by atoms with Gasteiger partial charge in [-0.1, -0.05) is 23.2 Å². The Morgan fingerprint density at radius 1 is 1.29 bits per heavy atom. The SMILES string of the molecule is ONC(=N[C@H]1CN2CCC1CC2)c1cc(Cl)c(Cl)cc1F. The Kier molecular flexibility index (Phi) is 4.36. The minimum absolute atomic E-state index is 0.0657. The summed E-state index contributed by atoms with van der Waals surface area (Å²) in [4.78, 5) is 6.85. The average Bonchev–Trinajstić information content (AvgIpc) is 2.50.